The Morgan fingerprint density at radius 2 is 1.41 bits per heavy atom. The van der Waals surface area contributed by atoms with E-state index in [1.807, 2.05) is 0 Å². The third-order valence-corrected chi connectivity index (χ3v) is 4.60. The average Bonchev–Trinajstić information content (AvgIpc) is 2.66. The van der Waals surface area contributed by atoms with Gasteiger partial charge in [-0.1, -0.05) is 0 Å². The smallest absolute Gasteiger partial charge is 0.187 e. The minimum Gasteiger partial charge on any atom is -0.396 e. The highest BCUT2D eigenvalue weighted by Crippen LogP contribution is 2.30. The van der Waals surface area contributed by atoms with Gasteiger partial charge in [0.2, 0.25) is 0 Å². The monoisotopic (exact) mass is 399 g/mol. The summed E-state index contributed by atoms with van der Waals surface area (Å²) in [5.74, 6) is 0. The molecule has 2 rings (SSSR count). The Kier molecular flexibility index (Phi) is 8.73. The van der Waals surface area contributed by atoms with E-state index in [-0.39, 0.29) is 26.2 Å². The first-order valence-electron chi connectivity index (χ1n) is 8.75. The molecule has 0 bridgehead atoms. The standard InChI is InChI=1S/C15H29NO11/c16-2-4-24-15-13(11(22)9(20)7(5-18)26-15)27-14-12(23)10(21)8(19)6(25-14)1-3-17/h6-15,17-23H,1-5,16H2/t6-,7-,8-,9-,10+,11+,12+,13+,14-,15+/m1/s1. The summed E-state index contributed by atoms with van der Waals surface area (Å²) in [7, 11) is 0. The molecular formula is C15H29NO11. The number of ether oxygens (including phenoxy) is 4. The van der Waals surface area contributed by atoms with Crippen LogP contribution in [-0.4, -0.2) is 124 Å². The SMILES string of the molecule is NCCO[C@H]1O[C@H](CO)[C@@H](O)[C@H](O)[C@@H]1O[C@H]1O[C@H](CCO)[C@@H](O)[C@H](O)[C@@H]1O. The van der Waals surface area contributed by atoms with E-state index in [4.69, 9.17) is 29.8 Å². The molecular weight excluding hydrogens is 370 g/mol. The Bertz CT molecular complexity index is 444. The van der Waals surface area contributed by atoms with Crippen LogP contribution in [0.5, 0.6) is 0 Å². The lowest BCUT2D eigenvalue weighted by molar-refractivity contribution is -0.366. The normalized spacial score (nSPS) is 45.8. The molecule has 2 heterocycles. The van der Waals surface area contributed by atoms with E-state index in [1.54, 1.807) is 0 Å². The minimum atomic E-state index is -1.68. The van der Waals surface area contributed by atoms with Gasteiger partial charge in [0.1, 0.15) is 42.7 Å². The zero-order valence-electron chi connectivity index (χ0n) is 14.6. The largest absolute Gasteiger partial charge is 0.396 e. The molecule has 2 aliphatic heterocycles. The molecule has 10 atom stereocenters. The molecule has 0 aliphatic carbocycles. The maximum Gasteiger partial charge on any atom is 0.187 e. The maximum absolute atomic E-state index is 10.3. The molecule has 0 radical (unpaired) electrons. The summed E-state index contributed by atoms with van der Waals surface area (Å²) in [5.41, 5.74) is 5.38. The van der Waals surface area contributed by atoms with Crippen molar-refractivity contribution in [3.63, 3.8) is 0 Å². The Labute approximate surface area is 155 Å². The molecule has 9 N–H and O–H groups in total. The second-order valence-electron chi connectivity index (χ2n) is 6.49. The minimum absolute atomic E-state index is 0.0219. The van der Waals surface area contributed by atoms with E-state index in [2.05, 4.69) is 0 Å². The van der Waals surface area contributed by atoms with Gasteiger partial charge in [0, 0.05) is 13.2 Å². The second kappa shape index (κ2) is 10.3. The summed E-state index contributed by atoms with van der Waals surface area (Å²) in [5, 5.41) is 68.7. The molecule has 0 unspecified atom stereocenters. The molecule has 0 saturated carbocycles. The third kappa shape index (κ3) is 5.12. The van der Waals surface area contributed by atoms with E-state index < -0.39 is 68.0 Å². The van der Waals surface area contributed by atoms with E-state index in [0.29, 0.717) is 0 Å². The molecule has 0 aromatic rings. The predicted octanol–water partition coefficient (Wildman–Crippen LogP) is -5.02. The van der Waals surface area contributed by atoms with Gasteiger partial charge < -0.3 is 60.4 Å². The molecule has 12 heteroatoms. The fourth-order valence-corrected chi connectivity index (χ4v) is 3.07. The molecule has 0 amide bonds. The van der Waals surface area contributed by atoms with E-state index in [9.17, 15) is 30.6 Å². The van der Waals surface area contributed by atoms with Gasteiger partial charge in [-0.2, -0.15) is 0 Å². The molecule has 2 aliphatic rings. The van der Waals surface area contributed by atoms with Gasteiger partial charge in [-0.15, -0.1) is 0 Å². The highest BCUT2D eigenvalue weighted by molar-refractivity contribution is 4.93. The van der Waals surface area contributed by atoms with Gasteiger partial charge in [-0.25, -0.2) is 0 Å². The van der Waals surface area contributed by atoms with E-state index >= 15 is 0 Å². The second-order valence-corrected chi connectivity index (χ2v) is 6.49. The van der Waals surface area contributed by atoms with Gasteiger partial charge in [-0.3, -0.25) is 0 Å². The molecule has 0 aromatic heterocycles. The van der Waals surface area contributed by atoms with Crippen LogP contribution in [0.3, 0.4) is 0 Å². The molecule has 0 aromatic carbocycles. The Morgan fingerprint density at radius 3 is 2.00 bits per heavy atom. The molecule has 12 nitrogen and oxygen atoms in total. The number of rotatable bonds is 8. The Balaban J connectivity index is 2.14. The van der Waals surface area contributed by atoms with Crippen molar-refractivity contribution < 1.29 is 54.7 Å². The van der Waals surface area contributed by atoms with Gasteiger partial charge in [0.25, 0.3) is 0 Å². The summed E-state index contributed by atoms with van der Waals surface area (Å²) < 4.78 is 21.6. The molecule has 2 saturated heterocycles. The topological polar surface area (TPSA) is 205 Å². The van der Waals surface area contributed by atoms with E-state index in [0.717, 1.165) is 0 Å². The first-order chi connectivity index (χ1) is 12.8. The van der Waals surface area contributed by atoms with Gasteiger partial charge in [0.05, 0.1) is 19.3 Å². The quantitative estimate of drug-likeness (QED) is 0.193. The molecule has 2 fully saturated rings. The van der Waals surface area contributed by atoms with Crippen LogP contribution in [0.1, 0.15) is 6.42 Å². The van der Waals surface area contributed by atoms with Crippen molar-refractivity contribution in [3.05, 3.63) is 0 Å². The summed E-state index contributed by atoms with van der Waals surface area (Å²) in [6.45, 7) is -0.778. The van der Waals surface area contributed by atoms with Crippen LogP contribution in [0.15, 0.2) is 0 Å². The zero-order chi connectivity index (χ0) is 20.1. The fourth-order valence-electron chi connectivity index (χ4n) is 3.07. The van der Waals surface area contributed by atoms with Crippen LogP contribution in [0.4, 0.5) is 0 Å². The number of nitrogens with two attached hydrogens (primary N) is 1. The van der Waals surface area contributed by atoms with Crippen molar-refractivity contribution >= 4 is 0 Å². The highest BCUT2D eigenvalue weighted by atomic mass is 16.8. The number of aliphatic hydroxyl groups is 7. The molecule has 27 heavy (non-hydrogen) atoms. The van der Waals surface area contributed by atoms with Crippen LogP contribution < -0.4 is 5.73 Å². The van der Waals surface area contributed by atoms with Crippen LogP contribution >= 0.6 is 0 Å². The van der Waals surface area contributed by atoms with Crippen LogP contribution in [-0.2, 0) is 18.9 Å². The van der Waals surface area contributed by atoms with Crippen molar-refractivity contribution in [1.82, 2.24) is 0 Å². The average molecular weight is 399 g/mol. The fraction of sp³-hybridized carbons (Fsp3) is 1.00. The Morgan fingerprint density at radius 1 is 0.778 bits per heavy atom. The van der Waals surface area contributed by atoms with Gasteiger partial charge in [0.15, 0.2) is 12.6 Å². The number of hydrogen-bond donors (Lipinski definition) is 8. The Hall–Kier alpha value is -0.480. The first kappa shape index (κ1) is 22.8. The lowest BCUT2D eigenvalue weighted by Crippen LogP contribution is -2.64. The maximum atomic E-state index is 10.3. The number of aliphatic hydroxyl groups excluding tert-OH is 7. The highest BCUT2D eigenvalue weighted by Gasteiger charge is 2.50. The van der Waals surface area contributed by atoms with Crippen LogP contribution in [0.25, 0.3) is 0 Å². The van der Waals surface area contributed by atoms with Crippen molar-refractivity contribution in [2.75, 3.05) is 26.4 Å². The molecule has 160 valence electrons. The van der Waals surface area contributed by atoms with Crippen molar-refractivity contribution in [2.45, 2.75) is 67.8 Å². The number of hydrogen-bond acceptors (Lipinski definition) is 12. The lowest BCUT2D eigenvalue weighted by Gasteiger charge is -2.46. The van der Waals surface area contributed by atoms with Crippen molar-refractivity contribution in [1.29, 1.82) is 0 Å². The van der Waals surface area contributed by atoms with E-state index in [1.165, 1.54) is 0 Å². The zero-order valence-corrected chi connectivity index (χ0v) is 14.6. The van der Waals surface area contributed by atoms with Crippen LogP contribution in [0.2, 0.25) is 0 Å². The van der Waals surface area contributed by atoms with Gasteiger partial charge >= 0.3 is 0 Å². The molecule has 0 spiro atoms. The predicted molar refractivity (Wildman–Crippen MR) is 86.0 cm³/mol. The van der Waals surface area contributed by atoms with Crippen LogP contribution in [0, 0.1) is 0 Å². The first-order valence-corrected chi connectivity index (χ1v) is 8.75. The summed E-state index contributed by atoms with van der Waals surface area (Å²) in [6, 6.07) is 0. The summed E-state index contributed by atoms with van der Waals surface area (Å²) in [4.78, 5) is 0. The lowest BCUT2D eigenvalue weighted by atomic mass is 9.96. The van der Waals surface area contributed by atoms with Crippen molar-refractivity contribution in [3.8, 4) is 0 Å². The van der Waals surface area contributed by atoms with Crippen molar-refractivity contribution in [2.24, 2.45) is 5.73 Å². The van der Waals surface area contributed by atoms with Gasteiger partial charge in [-0.05, 0) is 6.42 Å². The third-order valence-electron chi connectivity index (χ3n) is 4.60. The summed E-state index contributed by atoms with van der Waals surface area (Å²) >= 11 is 0. The summed E-state index contributed by atoms with van der Waals surface area (Å²) in [6.07, 6.45) is -14.1.